The number of methoxy groups -OCH3 is 1. The quantitative estimate of drug-likeness (QED) is 0.300. The predicted molar refractivity (Wildman–Crippen MR) is 127 cm³/mol. The number of hydroxylamine groups is 2. The molecule has 0 rings (SSSR count). The summed E-state index contributed by atoms with van der Waals surface area (Å²) >= 11 is 0. The molecule has 0 aliphatic carbocycles. The minimum absolute atomic E-state index is 0.104. The standard InChI is InChI=1S/C11H25NO3Si.C10H22O3Si/c1-9(10(13)12(5)14-6)15-16(7,8)11(2,3)4;1-8(9(11)12-5)13-14(6,7)10(2,3)4/h9H,1-8H3;8H,1-7H3/t9-;8-/m00/s1. The molecule has 2 atom stereocenters. The van der Waals surface area contributed by atoms with E-state index in [1.807, 2.05) is 0 Å². The third-order valence-electron chi connectivity index (χ3n) is 6.02. The van der Waals surface area contributed by atoms with Crippen LogP contribution in [0.4, 0.5) is 0 Å². The third kappa shape index (κ3) is 10.0. The van der Waals surface area contributed by atoms with Crippen LogP contribution in [0.15, 0.2) is 0 Å². The summed E-state index contributed by atoms with van der Waals surface area (Å²) in [6, 6.07) is 0. The van der Waals surface area contributed by atoms with Crippen molar-refractivity contribution in [2.45, 2.75) is 104 Å². The summed E-state index contributed by atoms with van der Waals surface area (Å²) in [7, 11) is 0.703. The highest BCUT2D eigenvalue weighted by Gasteiger charge is 2.40. The molecule has 0 aromatic rings. The van der Waals surface area contributed by atoms with Gasteiger partial charge in [-0.05, 0) is 50.1 Å². The number of likely N-dealkylation sites (N-methyl/N-ethyl adjacent to an activating group) is 1. The van der Waals surface area contributed by atoms with Crippen molar-refractivity contribution in [1.29, 1.82) is 0 Å². The maximum Gasteiger partial charge on any atom is 0.333 e. The van der Waals surface area contributed by atoms with Gasteiger partial charge in [0.05, 0.1) is 14.2 Å². The number of hydrogen-bond donors (Lipinski definition) is 0. The van der Waals surface area contributed by atoms with E-state index in [9.17, 15) is 9.59 Å². The van der Waals surface area contributed by atoms with Crippen LogP contribution in [0.1, 0.15) is 55.4 Å². The van der Waals surface area contributed by atoms with Crippen molar-refractivity contribution in [3.8, 4) is 0 Å². The molecule has 0 aliphatic rings. The molecule has 30 heavy (non-hydrogen) atoms. The Morgan fingerprint density at radius 1 is 0.767 bits per heavy atom. The molecule has 0 aromatic carbocycles. The molecule has 0 saturated carbocycles. The third-order valence-corrected chi connectivity index (χ3v) is 15.1. The Kier molecular flexibility index (Phi) is 12.3. The Morgan fingerprint density at radius 3 is 1.37 bits per heavy atom. The van der Waals surface area contributed by atoms with E-state index in [1.165, 1.54) is 19.3 Å². The summed E-state index contributed by atoms with van der Waals surface area (Å²) < 4.78 is 16.4. The number of carbonyl (C=O) groups is 2. The minimum Gasteiger partial charge on any atom is -0.467 e. The van der Waals surface area contributed by atoms with Crippen LogP contribution in [0.2, 0.25) is 36.3 Å². The molecule has 0 N–H and O–H groups in total. The van der Waals surface area contributed by atoms with Gasteiger partial charge in [0.2, 0.25) is 0 Å². The normalized spacial score (nSPS) is 14.9. The van der Waals surface area contributed by atoms with E-state index in [-0.39, 0.29) is 22.0 Å². The molecule has 0 bridgehead atoms. The van der Waals surface area contributed by atoms with Gasteiger partial charge in [-0.1, -0.05) is 41.5 Å². The topological polar surface area (TPSA) is 74.3 Å². The maximum atomic E-state index is 11.8. The first-order chi connectivity index (χ1) is 13.1. The van der Waals surface area contributed by atoms with Crippen molar-refractivity contribution < 1.29 is 28.0 Å². The fraction of sp³-hybridized carbons (Fsp3) is 0.905. The van der Waals surface area contributed by atoms with Crippen molar-refractivity contribution in [1.82, 2.24) is 5.06 Å². The number of rotatable bonds is 7. The second-order valence-corrected chi connectivity index (χ2v) is 20.1. The highest BCUT2D eigenvalue weighted by molar-refractivity contribution is 6.74. The summed E-state index contributed by atoms with van der Waals surface area (Å²) in [4.78, 5) is 27.8. The Morgan fingerprint density at radius 2 is 1.10 bits per heavy atom. The van der Waals surface area contributed by atoms with Crippen molar-refractivity contribution in [2.75, 3.05) is 21.3 Å². The zero-order valence-electron chi connectivity index (χ0n) is 22.1. The van der Waals surface area contributed by atoms with E-state index in [0.29, 0.717) is 0 Å². The highest BCUT2D eigenvalue weighted by Crippen LogP contribution is 2.38. The molecule has 0 unspecified atom stereocenters. The number of ether oxygens (including phenoxy) is 1. The number of amides is 1. The van der Waals surface area contributed by atoms with Gasteiger partial charge in [-0.3, -0.25) is 9.63 Å². The zero-order valence-corrected chi connectivity index (χ0v) is 24.1. The van der Waals surface area contributed by atoms with Gasteiger partial charge in [0.1, 0.15) is 12.2 Å². The van der Waals surface area contributed by atoms with Gasteiger partial charge in [0.15, 0.2) is 16.6 Å². The lowest BCUT2D eigenvalue weighted by atomic mass is 10.2. The first kappa shape index (κ1) is 31.4. The lowest BCUT2D eigenvalue weighted by Gasteiger charge is -2.38. The summed E-state index contributed by atoms with van der Waals surface area (Å²) in [6.07, 6.45) is -0.910. The molecule has 0 aliphatic heterocycles. The number of carbonyl (C=O) groups excluding carboxylic acids is 2. The van der Waals surface area contributed by atoms with Crippen molar-refractivity contribution in [3.63, 3.8) is 0 Å². The fourth-order valence-corrected chi connectivity index (χ4v) is 4.52. The summed E-state index contributed by atoms with van der Waals surface area (Å²) in [5.41, 5.74) is 0. The lowest BCUT2D eigenvalue weighted by molar-refractivity contribution is -0.176. The van der Waals surface area contributed by atoms with Crippen LogP contribution in [-0.2, 0) is 28.0 Å². The predicted octanol–water partition coefficient (Wildman–Crippen LogP) is 4.99. The van der Waals surface area contributed by atoms with E-state index >= 15 is 0 Å². The van der Waals surface area contributed by atoms with Gasteiger partial charge in [0.25, 0.3) is 5.91 Å². The van der Waals surface area contributed by atoms with Gasteiger partial charge in [0, 0.05) is 7.05 Å². The summed E-state index contributed by atoms with van der Waals surface area (Å²) in [6.45, 7) is 24.9. The van der Waals surface area contributed by atoms with Gasteiger partial charge in [-0.15, -0.1) is 0 Å². The van der Waals surface area contributed by atoms with Crippen LogP contribution in [0.3, 0.4) is 0 Å². The second-order valence-electron chi connectivity index (χ2n) is 10.6. The second kappa shape index (κ2) is 11.8. The molecule has 0 radical (unpaired) electrons. The molecular formula is C21H47NO6Si2. The molecule has 0 aromatic heterocycles. The fourth-order valence-electron chi connectivity index (χ4n) is 1.85. The van der Waals surface area contributed by atoms with Crippen LogP contribution in [-0.4, -0.2) is 67.0 Å². The van der Waals surface area contributed by atoms with Crippen molar-refractivity contribution >= 4 is 28.5 Å². The first-order valence-electron chi connectivity index (χ1n) is 10.4. The minimum atomic E-state index is -1.89. The Labute approximate surface area is 187 Å². The average Bonchev–Trinajstić information content (AvgIpc) is 2.57. The molecule has 0 heterocycles. The van der Waals surface area contributed by atoms with Crippen molar-refractivity contribution in [2.24, 2.45) is 0 Å². The molecule has 1 amide bonds. The maximum absolute atomic E-state index is 11.8. The summed E-state index contributed by atoms with van der Waals surface area (Å²) in [5, 5.41) is 1.43. The van der Waals surface area contributed by atoms with E-state index < -0.39 is 28.8 Å². The molecule has 0 spiro atoms. The zero-order chi connectivity index (χ0) is 24.7. The first-order valence-corrected chi connectivity index (χ1v) is 16.2. The molecule has 0 saturated heterocycles. The molecule has 0 fully saturated rings. The van der Waals surface area contributed by atoms with Crippen molar-refractivity contribution in [3.05, 3.63) is 0 Å². The van der Waals surface area contributed by atoms with Gasteiger partial charge >= 0.3 is 5.97 Å². The van der Waals surface area contributed by atoms with E-state index in [4.69, 9.17) is 13.7 Å². The number of nitrogens with zero attached hydrogens (tertiary/aromatic N) is 1. The van der Waals surface area contributed by atoms with Crippen LogP contribution >= 0.6 is 0 Å². The van der Waals surface area contributed by atoms with Gasteiger partial charge in [-0.2, -0.15) is 0 Å². The molecule has 9 heteroatoms. The largest absolute Gasteiger partial charge is 0.467 e. The molecule has 180 valence electrons. The molecular weight excluding hydrogens is 418 g/mol. The Bertz CT molecular complexity index is 553. The lowest BCUT2D eigenvalue weighted by Crippen LogP contribution is -2.47. The summed E-state index contributed by atoms with van der Waals surface area (Å²) in [5.74, 6) is -0.442. The van der Waals surface area contributed by atoms with Crippen LogP contribution < -0.4 is 0 Å². The van der Waals surface area contributed by atoms with E-state index in [1.54, 1.807) is 20.9 Å². The smallest absolute Gasteiger partial charge is 0.333 e. The Balaban J connectivity index is 0. The molecule has 7 nitrogen and oxygen atoms in total. The number of esters is 1. The number of hydrogen-bond acceptors (Lipinski definition) is 6. The Hall–Kier alpha value is -0.746. The van der Waals surface area contributed by atoms with E-state index in [2.05, 4.69) is 72.5 Å². The van der Waals surface area contributed by atoms with Crippen LogP contribution in [0.25, 0.3) is 0 Å². The van der Waals surface area contributed by atoms with E-state index in [0.717, 1.165) is 0 Å². The van der Waals surface area contributed by atoms with Crippen LogP contribution in [0, 0.1) is 0 Å². The monoisotopic (exact) mass is 465 g/mol. The average molecular weight is 466 g/mol. The highest BCUT2D eigenvalue weighted by atomic mass is 28.4. The van der Waals surface area contributed by atoms with Gasteiger partial charge in [-0.25, -0.2) is 9.86 Å². The van der Waals surface area contributed by atoms with Crippen LogP contribution in [0.5, 0.6) is 0 Å². The van der Waals surface area contributed by atoms with Gasteiger partial charge < -0.3 is 13.6 Å². The SMILES string of the molecule is COC(=O)[C@H](C)O[Si](C)(C)C(C)(C)C.CON(C)C(=O)[C@H](C)O[Si](C)(C)C(C)(C)C.